The van der Waals surface area contributed by atoms with Gasteiger partial charge in [-0.05, 0) is 19.1 Å². The van der Waals surface area contributed by atoms with Gasteiger partial charge in [0.2, 0.25) is 0 Å². The zero-order chi connectivity index (χ0) is 19.2. The molecule has 0 fully saturated rings. The molecule has 1 aromatic carbocycles. The molecule has 6 nitrogen and oxygen atoms in total. The lowest BCUT2D eigenvalue weighted by Gasteiger charge is -2.14. The van der Waals surface area contributed by atoms with Gasteiger partial charge >= 0.3 is 6.18 Å². The molecule has 26 heavy (non-hydrogen) atoms. The second kappa shape index (κ2) is 8.75. The van der Waals surface area contributed by atoms with E-state index in [2.05, 4.69) is 20.6 Å². The molecular formula is C16H19F3N4O2S. The van der Waals surface area contributed by atoms with E-state index in [0.717, 1.165) is 16.7 Å². The molecule has 0 bridgehead atoms. The van der Waals surface area contributed by atoms with Gasteiger partial charge in [-0.15, -0.1) is 11.3 Å². The normalized spacial score (nSPS) is 12.0. The molecule has 10 heteroatoms. The Bertz CT molecular complexity index is 762. The Balaban J connectivity index is 2.01. The minimum Gasteiger partial charge on any atom is -0.493 e. The molecule has 0 spiro atoms. The molecule has 0 saturated carbocycles. The van der Waals surface area contributed by atoms with Crippen molar-refractivity contribution in [2.75, 3.05) is 26.1 Å². The van der Waals surface area contributed by atoms with Crippen LogP contribution in [0, 0.1) is 0 Å². The number of ether oxygens (including phenoxy) is 2. The second-order valence-corrected chi connectivity index (χ2v) is 5.92. The lowest BCUT2D eigenvalue weighted by molar-refractivity contribution is -0.140. The summed E-state index contributed by atoms with van der Waals surface area (Å²) in [4.78, 5) is 7.62. The standard InChI is InChI=1S/C16H19F3N4O2S/c1-4-25-12-7-10(5-6-11(12)24-3)22-15(20-2)21-8-14-23-13(9-26-14)16(17,18)19/h5-7,9H,4,8H2,1-3H3,(H2,20,21,22). The number of guanidine groups is 1. The predicted octanol–water partition coefficient (Wildman–Crippen LogP) is 3.76. The average molecular weight is 388 g/mol. The lowest BCUT2D eigenvalue weighted by Crippen LogP contribution is -2.30. The summed E-state index contributed by atoms with van der Waals surface area (Å²) < 4.78 is 48.5. The van der Waals surface area contributed by atoms with E-state index in [1.54, 1.807) is 32.4 Å². The summed E-state index contributed by atoms with van der Waals surface area (Å²) >= 11 is 0.936. The molecule has 142 valence electrons. The molecule has 0 aliphatic rings. The Morgan fingerprint density at radius 3 is 2.65 bits per heavy atom. The van der Waals surface area contributed by atoms with Crippen molar-refractivity contribution < 1.29 is 22.6 Å². The number of hydrogen-bond acceptors (Lipinski definition) is 5. The van der Waals surface area contributed by atoms with E-state index in [-0.39, 0.29) is 6.54 Å². The van der Waals surface area contributed by atoms with Crippen LogP contribution in [0.2, 0.25) is 0 Å². The zero-order valence-electron chi connectivity index (χ0n) is 14.5. The van der Waals surface area contributed by atoms with E-state index in [1.807, 2.05) is 6.92 Å². The first-order valence-electron chi connectivity index (χ1n) is 7.67. The number of nitrogens with one attached hydrogen (secondary N) is 2. The molecule has 1 heterocycles. The fraction of sp³-hybridized carbons (Fsp3) is 0.375. The summed E-state index contributed by atoms with van der Waals surface area (Å²) in [7, 11) is 3.11. The molecule has 0 saturated heterocycles. The highest BCUT2D eigenvalue weighted by atomic mass is 32.1. The van der Waals surface area contributed by atoms with Crippen LogP contribution in [0.15, 0.2) is 28.6 Å². The van der Waals surface area contributed by atoms with Gasteiger partial charge in [-0.2, -0.15) is 13.2 Å². The first-order chi connectivity index (χ1) is 12.4. The van der Waals surface area contributed by atoms with Gasteiger partial charge in [0.1, 0.15) is 5.01 Å². The minimum atomic E-state index is -4.44. The molecule has 0 atom stereocenters. The topological polar surface area (TPSA) is 67.8 Å². The number of halogens is 3. The molecule has 0 radical (unpaired) electrons. The highest BCUT2D eigenvalue weighted by molar-refractivity contribution is 7.09. The van der Waals surface area contributed by atoms with Crippen molar-refractivity contribution in [2.45, 2.75) is 19.6 Å². The highest BCUT2D eigenvalue weighted by Gasteiger charge is 2.33. The smallest absolute Gasteiger partial charge is 0.434 e. The van der Waals surface area contributed by atoms with Crippen molar-refractivity contribution in [2.24, 2.45) is 4.99 Å². The van der Waals surface area contributed by atoms with Gasteiger partial charge in [0.25, 0.3) is 0 Å². The second-order valence-electron chi connectivity index (χ2n) is 4.97. The summed E-state index contributed by atoms with van der Waals surface area (Å²) in [5, 5.41) is 7.27. The van der Waals surface area contributed by atoms with Gasteiger partial charge in [0.15, 0.2) is 23.2 Å². The number of aliphatic imine (C=N–C) groups is 1. The Kier molecular flexibility index (Phi) is 6.67. The van der Waals surface area contributed by atoms with E-state index in [9.17, 15) is 13.2 Å². The highest BCUT2D eigenvalue weighted by Crippen LogP contribution is 2.31. The van der Waals surface area contributed by atoms with Crippen molar-refractivity contribution >= 4 is 23.0 Å². The van der Waals surface area contributed by atoms with Gasteiger partial charge in [-0.25, -0.2) is 4.98 Å². The van der Waals surface area contributed by atoms with Gasteiger partial charge in [-0.3, -0.25) is 4.99 Å². The van der Waals surface area contributed by atoms with Crippen LogP contribution in [0.1, 0.15) is 17.6 Å². The van der Waals surface area contributed by atoms with E-state index < -0.39 is 11.9 Å². The Hall–Kier alpha value is -2.49. The SMILES string of the molecule is CCOc1cc(NC(=NC)NCc2nc(C(F)(F)F)cs2)ccc1OC. The van der Waals surface area contributed by atoms with Gasteiger partial charge in [0, 0.05) is 24.2 Å². The third kappa shape index (κ3) is 5.25. The quantitative estimate of drug-likeness (QED) is 0.583. The average Bonchev–Trinajstić information content (AvgIpc) is 3.08. The van der Waals surface area contributed by atoms with Crippen LogP contribution in [0.3, 0.4) is 0 Å². The molecule has 2 rings (SSSR count). The van der Waals surface area contributed by atoms with Crippen molar-refractivity contribution in [3.8, 4) is 11.5 Å². The van der Waals surface area contributed by atoms with E-state index >= 15 is 0 Å². The summed E-state index contributed by atoms with van der Waals surface area (Å²) in [5.41, 5.74) is -0.198. The molecule has 2 aromatic rings. The molecule has 0 unspecified atom stereocenters. The number of alkyl halides is 3. The fourth-order valence-corrected chi connectivity index (χ4v) is 2.76. The van der Waals surface area contributed by atoms with Crippen molar-refractivity contribution in [1.82, 2.24) is 10.3 Å². The van der Waals surface area contributed by atoms with Gasteiger partial charge < -0.3 is 20.1 Å². The first kappa shape index (κ1) is 19.8. The Labute approximate surface area is 153 Å². The zero-order valence-corrected chi connectivity index (χ0v) is 15.3. The maximum absolute atomic E-state index is 12.6. The number of rotatable bonds is 6. The van der Waals surface area contributed by atoms with Gasteiger partial charge in [-0.1, -0.05) is 0 Å². The number of methoxy groups -OCH3 is 1. The fourth-order valence-electron chi connectivity index (χ4n) is 2.02. The Morgan fingerprint density at radius 2 is 2.08 bits per heavy atom. The van der Waals surface area contributed by atoms with E-state index in [0.29, 0.717) is 34.8 Å². The van der Waals surface area contributed by atoms with Crippen molar-refractivity contribution in [3.63, 3.8) is 0 Å². The molecular weight excluding hydrogens is 369 g/mol. The number of aromatic nitrogens is 1. The number of benzene rings is 1. The van der Waals surface area contributed by atoms with Crippen LogP contribution in [-0.2, 0) is 12.7 Å². The summed E-state index contributed by atoms with van der Waals surface area (Å²) in [6, 6.07) is 5.27. The van der Waals surface area contributed by atoms with Crippen molar-refractivity contribution in [1.29, 1.82) is 0 Å². The van der Waals surface area contributed by atoms with Gasteiger partial charge in [0.05, 0.1) is 20.3 Å². The molecule has 0 amide bonds. The minimum absolute atomic E-state index is 0.120. The van der Waals surface area contributed by atoms with Crippen molar-refractivity contribution in [3.05, 3.63) is 34.3 Å². The lowest BCUT2D eigenvalue weighted by atomic mass is 10.2. The molecule has 0 aliphatic heterocycles. The van der Waals surface area contributed by atoms with Crippen LogP contribution < -0.4 is 20.1 Å². The molecule has 1 aromatic heterocycles. The van der Waals surface area contributed by atoms with Crippen LogP contribution in [0.5, 0.6) is 11.5 Å². The number of hydrogen-bond donors (Lipinski definition) is 2. The van der Waals surface area contributed by atoms with Crippen LogP contribution in [-0.4, -0.2) is 31.7 Å². The maximum Gasteiger partial charge on any atom is 0.434 e. The summed E-state index contributed by atoms with van der Waals surface area (Å²) in [5.74, 6) is 1.56. The van der Waals surface area contributed by atoms with Crippen LogP contribution in [0.4, 0.5) is 18.9 Å². The van der Waals surface area contributed by atoms with E-state index in [4.69, 9.17) is 9.47 Å². The number of nitrogens with zero attached hydrogens (tertiary/aromatic N) is 2. The summed E-state index contributed by atoms with van der Waals surface area (Å²) in [6.07, 6.45) is -4.44. The van der Waals surface area contributed by atoms with E-state index in [1.165, 1.54) is 0 Å². The van der Waals surface area contributed by atoms with Crippen LogP contribution >= 0.6 is 11.3 Å². The maximum atomic E-state index is 12.6. The molecule has 0 aliphatic carbocycles. The predicted molar refractivity (Wildman–Crippen MR) is 95.1 cm³/mol. The van der Waals surface area contributed by atoms with Crippen LogP contribution in [0.25, 0.3) is 0 Å². The first-order valence-corrected chi connectivity index (χ1v) is 8.55. The summed E-state index contributed by atoms with van der Waals surface area (Å²) in [6.45, 7) is 2.47. The Morgan fingerprint density at radius 1 is 1.31 bits per heavy atom. The monoisotopic (exact) mass is 388 g/mol. The molecule has 2 N–H and O–H groups in total. The third-order valence-corrected chi connectivity index (χ3v) is 4.05. The largest absolute Gasteiger partial charge is 0.493 e. The number of thiazole rings is 1. The third-order valence-electron chi connectivity index (χ3n) is 3.20. The number of anilines is 1.